The fourth-order valence-corrected chi connectivity index (χ4v) is 1.49. The van der Waals surface area contributed by atoms with Crippen LogP contribution < -0.4 is 4.72 Å². The Morgan fingerprint density at radius 1 is 1.33 bits per heavy atom. The molecule has 12 heavy (non-hydrogen) atoms. The molecule has 0 aromatic rings. The fourth-order valence-electron chi connectivity index (χ4n) is 0.872. The van der Waals surface area contributed by atoms with Gasteiger partial charge in [-0.3, -0.25) is 0 Å². The monoisotopic (exact) mass is 213 g/mol. The van der Waals surface area contributed by atoms with Crippen molar-refractivity contribution in [1.29, 1.82) is 0 Å². The smallest absolute Gasteiger partial charge is 0.202 e. The summed E-state index contributed by atoms with van der Waals surface area (Å²) < 4.78 is 23.0. The SMILES string of the molecule is CC(C)CCCCNS(=O)(=O)Cl. The van der Waals surface area contributed by atoms with Crippen LogP contribution in [0.1, 0.15) is 33.1 Å². The average Bonchev–Trinajstić information content (AvgIpc) is 1.83. The van der Waals surface area contributed by atoms with Crippen molar-refractivity contribution >= 4 is 19.9 Å². The van der Waals surface area contributed by atoms with E-state index >= 15 is 0 Å². The van der Waals surface area contributed by atoms with E-state index in [-0.39, 0.29) is 0 Å². The zero-order chi connectivity index (χ0) is 9.61. The molecule has 0 heterocycles. The van der Waals surface area contributed by atoms with Crippen LogP contribution in [0.15, 0.2) is 0 Å². The van der Waals surface area contributed by atoms with Gasteiger partial charge in [0, 0.05) is 17.2 Å². The molecule has 0 saturated carbocycles. The lowest BCUT2D eigenvalue weighted by Crippen LogP contribution is -2.19. The van der Waals surface area contributed by atoms with E-state index in [1.807, 2.05) is 0 Å². The van der Waals surface area contributed by atoms with E-state index in [2.05, 4.69) is 18.6 Å². The highest BCUT2D eigenvalue weighted by atomic mass is 35.7. The van der Waals surface area contributed by atoms with Crippen LogP contribution in [-0.2, 0) is 9.24 Å². The predicted octanol–water partition coefficient (Wildman–Crippen LogP) is 1.89. The maximum Gasteiger partial charge on any atom is 0.297 e. The summed E-state index contributed by atoms with van der Waals surface area (Å²) >= 11 is 0. The molecule has 0 aliphatic rings. The van der Waals surface area contributed by atoms with Gasteiger partial charge in [0.1, 0.15) is 0 Å². The Morgan fingerprint density at radius 2 is 1.92 bits per heavy atom. The Balaban J connectivity index is 3.23. The quantitative estimate of drug-likeness (QED) is 0.541. The van der Waals surface area contributed by atoms with Gasteiger partial charge in [0.15, 0.2) is 0 Å². The predicted molar refractivity (Wildman–Crippen MR) is 51.5 cm³/mol. The molecular formula is C7H16ClNO2S. The summed E-state index contributed by atoms with van der Waals surface area (Å²) in [7, 11) is 1.43. The molecule has 1 N–H and O–H groups in total. The molecular weight excluding hydrogens is 198 g/mol. The molecule has 0 aromatic heterocycles. The third-order valence-electron chi connectivity index (χ3n) is 1.48. The minimum atomic E-state index is -3.50. The third kappa shape index (κ3) is 10.2. The van der Waals surface area contributed by atoms with Crippen molar-refractivity contribution in [3.63, 3.8) is 0 Å². The van der Waals surface area contributed by atoms with E-state index < -0.39 is 9.24 Å². The van der Waals surface area contributed by atoms with Gasteiger partial charge in [-0.15, -0.1) is 0 Å². The number of nitrogens with one attached hydrogen (secondary N) is 1. The number of halogens is 1. The summed E-state index contributed by atoms with van der Waals surface area (Å²) in [6, 6.07) is 0. The second-order valence-corrected chi connectivity index (χ2v) is 5.61. The first kappa shape index (κ1) is 12.2. The van der Waals surface area contributed by atoms with E-state index in [0.29, 0.717) is 12.5 Å². The zero-order valence-corrected chi connectivity index (χ0v) is 9.08. The Morgan fingerprint density at radius 3 is 2.33 bits per heavy atom. The number of hydrogen-bond donors (Lipinski definition) is 1. The normalized spacial score (nSPS) is 12.3. The first-order valence-corrected chi connectivity index (χ1v) is 6.42. The fraction of sp³-hybridized carbons (Fsp3) is 1.00. The lowest BCUT2D eigenvalue weighted by molar-refractivity contribution is 0.533. The summed E-state index contributed by atoms with van der Waals surface area (Å²) in [5.74, 6) is 0.678. The summed E-state index contributed by atoms with van der Waals surface area (Å²) in [6.07, 6.45) is 3.02. The summed E-state index contributed by atoms with van der Waals surface area (Å²) in [5, 5.41) is 0. The van der Waals surface area contributed by atoms with Crippen LogP contribution >= 0.6 is 10.7 Å². The summed E-state index contributed by atoms with van der Waals surface area (Å²) in [4.78, 5) is 0. The van der Waals surface area contributed by atoms with E-state index in [9.17, 15) is 8.42 Å². The highest BCUT2D eigenvalue weighted by Crippen LogP contribution is 2.05. The molecule has 0 amide bonds. The maximum absolute atomic E-state index is 10.4. The minimum Gasteiger partial charge on any atom is -0.202 e. The van der Waals surface area contributed by atoms with Crippen LogP contribution in [0.3, 0.4) is 0 Å². The first-order chi connectivity index (χ1) is 5.42. The van der Waals surface area contributed by atoms with E-state index in [1.165, 1.54) is 0 Å². The van der Waals surface area contributed by atoms with Gasteiger partial charge in [-0.25, -0.2) is 4.72 Å². The second kappa shape index (κ2) is 5.78. The van der Waals surface area contributed by atoms with Crippen LogP contribution in [0, 0.1) is 5.92 Å². The van der Waals surface area contributed by atoms with Gasteiger partial charge in [-0.2, -0.15) is 8.42 Å². The molecule has 0 saturated heterocycles. The highest BCUT2D eigenvalue weighted by molar-refractivity contribution is 8.12. The third-order valence-corrected chi connectivity index (χ3v) is 2.36. The lowest BCUT2D eigenvalue weighted by atomic mass is 10.1. The van der Waals surface area contributed by atoms with Crippen molar-refractivity contribution < 1.29 is 8.42 Å². The van der Waals surface area contributed by atoms with Gasteiger partial charge in [0.05, 0.1) is 0 Å². The van der Waals surface area contributed by atoms with Gasteiger partial charge in [0.25, 0.3) is 9.24 Å². The Labute approximate surface area is 79.0 Å². The summed E-state index contributed by atoms with van der Waals surface area (Å²) in [5.41, 5.74) is 0. The minimum absolute atomic E-state index is 0.443. The zero-order valence-electron chi connectivity index (χ0n) is 7.51. The average molecular weight is 214 g/mol. The molecule has 3 nitrogen and oxygen atoms in total. The second-order valence-electron chi connectivity index (χ2n) is 3.22. The largest absolute Gasteiger partial charge is 0.297 e. The van der Waals surface area contributed by atoms with Crippen LogP contribution in [0.2, 0.25) is 0 Å². The van der Waals surface area contributed by atoms with Gasteiger partial charge < -0.3 is 0 Å². The van der Waals surface area contributed by atoms with Gasteiger partial charge in [-0.05, 0) is 12.3 Å². The molecule has 0 unspecified atom stereocenters. The molecule has 74 valence electrons. The van der Waals surface area contributed by atoms with Crippen LogP contribution in [0.5, 0.6) is 0 Å². The van der Waals surface area contributed by atoms with Gasteiger partial charge >= 0.3 is 0 Å². The van der Waals surface area contributed by atoms with Crippen LogP contribution in [0.25, 0.3) is 0 Å². The van der Waals surface area contributed by atoms with Crippen molar-refractivity contribution in [2.45, 2.75) is 33.1 Å². The number of hydrogen-bond acceptors (Lipinski definition) is 2. The molecule has 0 aliphatic heterocycles. The molecule has 0 fully saturated rings. The number of rotatable bonds is 6. The van der Waals surface area contributed by atoms with E-state index in [4.69, 9.17) is 10.7 Å². The van der Waals surface area contributed by atoms with Crippen molar-refractivity contribution in [2.24, 2.45) is 5.92 Å². The maximum atomic E-state index is 10.4. The standard InChI is InChI=1S/C7H16ClNO2S/c1-7(2)5-3-4-6-9-12(8,10)11/h7,9H,3-6H2,1-2H3. The van der Waals surface area contributed by atoms with E-state index in [0.717, 1.165) is 19.3 Å². The van der Waals surface area contributed by atoms with Crippen molar-refractivity contribution in [3.8, 4) is 0 Å². The van der Waals surface area contributed by atoms with Crippen molar-refractivity contribution in [3.05, 3.63) is 0 Å². The highest BCUT2D eigenvalue weighted by Gasteiger charge is 2.01. The lowest BCUT2D eigenvalue weighted by Gasteiger charge is -2.03. The summed E-state index contributed by atoms with van der Waals surface area (Å²) in [6.45, 7) is 4.73. The molecule has 0 atom stereocenters. The van der Waals surface area contributed by atoms with Gasteiger partial charge in [-0.1, -0.05) is 26.7 Å². The van der Waals surface area contributed by atoms with Crippen LogP contribution in [0.4, 0.5) is 0 Å². The van der Waals surface area contributed by atoms with Crippen molar-refractivity contribution in [2.75, 3.05) is 6.54 Å². The Bertz CT molecular complexity index is 201. The topological polar surface area (TPSA) is 46.2 Å². The Hall–Kier alpha value is 0.200. The number of unbranched alkanes of at least 4 members (excludes halogenated alkanes) is 1. The molecule has 0 rings (SSSR count). The molecule has 0 spiro atoms. The molecule has 0 bridgehead atoms. The molecule has 0 aliphatic carbocycles. The van der Waals surface area contributed by atoms with Gasteiger partial charge in [0.2, 0.25) is 0 Å². The molecule has 0 aromatic carbocycles. The van der Waals surface area contributed by atoms with Crippen molar-refractivity contribution in [1.82, 2.24) is 4.72 Å². The van der Waals surface area contributed by atoms with Crippen LogP contribution in [-0.4, -0.2) is 15.0 Å². The first-order valence-electron chi connectivity index (χ1n) is 4.11. The molecule has 0 radical (unpaired) electrons. The van der Waals surface area contributed by atoms with E-state index in [1.54, 1.807) is 0 Å². The Kier molecular flexibility index (Phi) is 5.88. The molecule has 5 heteroatoms.